The number of alkyl halides is 3. The molecule has 0 aliphatic carbocycles. The summed E-state index contributed by atoms with van der Waals surface area (Å²) < 4.78 is 37.9. The molecule has 0 bridgehead atoms. The first-order valence-corrected chi connectivity index (χ1v) is 5.83. The van der Waals surface area contributed by atoms with Gasteiger partial charge in [0.2, 0.25) is 0 Å². The van der Waals surface area contributed by atoms with Crippen molar-refractivity contribution in [1.29, 1.82) is 0 Å². The molecule has 0 amide bonds. The van der Waals surface area contributed by atoms with Crippen LogP contribution < -0.4 is 5.73 Å². The van der Waals surface area contributed by atoms with E-state index in [4.69, 9.17) is 22.4 Å². The molecular weight excluding hydrogens is 283 g/mol. The number of carbonyl (C=O) groups is 1. The summed E-state index contributed by atoms with van der Waals surface area (Å²) in [6.45, 7) is 1.01. The Hall–Kier alpha value is -1.27. The lowest BCUT2D eigenvalue weighted by molar-refractivity contribution is -0.146. The highest BCUT2D eigenvalue weighted by Crippen LogP contribution is 2.36. The van der Waals surface area contributed by atoms with E-state index in [1.54, 1.807) is 0 Å². The van der Waals surface area contributed by atoms with Crippen LogP contribution in [0.15, 0.2) is 18.2 Å². The first-order valence-electron chi connectivity index (χ1n) is 5.45. The molecule has 0 saturated heterocycles. The summed E-state index contributed by atoms with van der Waals surface area (Å²) in [5, 5.41) is 8.73. The number of hydrogen-bond acceptors (Lipinski definition) is 2. The molecular formula is C12H13ClF3NO2. The van der Waals surface area contributed by atoms with Gasteiger partial charge in [0.1, 0.15) is 0 Å². The molecule has 0 saturated carbocycles. The maximum absolute atomic E-state index is 12.6. The van der Waals surface area contributed by atoms with E-state index in [0.717, 1.165) is 6.92 Å². The van der Waals surface area contributed by atoms with E-state index in [2.05, 4.69) is 0 Å². The van der Waals surface area contributed by atoms with Crippen LogP contribution in [0.25, 0.3) is 0 Å². The maximum atomic E-state index is 12.6. The predicted molar refractivity (Wildman–Crippen MR) is 65.1 cm³/mol. The summed E-state index contributed by atoms with van der Waals surface area (Å²) >= 11 is 5.75. The van der Waals surface area contributed by atoms with Crippen molar-refractivity contribution in [2.75, 3.05) is 0 Å². The van der Waals surface area contributed by atoms with Gasteiger partial charge in [0, 0.05) is 11.1 Å². The number of carboxylic acids is 1. The first-order chi connectivity index (χ1) is 8.61. The van der Waals surface area contributed by atoms with E-state index in [-0.39, 0.29) is 22.6 Å². The highest BCUT2D eigenvalue weighted by Gasteiger charge is 2.37. The zero-order chi connectivity index (χ0) is 14.8. The Balaban J connectivity index is 3.10. The van der Waals surface area contributed by atoms with Crippen molar-refractivity contribution in [2.45, 2.75) is 31.5 Å². The van der Waals surface area contributed by atoms with Crippen LogP contribution in [0.5, 0.6) is 0 Å². The summed E-state index contributed by atoms with van der Waals surface area (Å²) in [4.78, 5) is 10.6. The van der Waals surface area contributed by atoms with Gasteiger partial charge in [0.15, 0.2) is 0 Å². The third-order valence-corrected chi connectivity index (χ3v) is 2.97. The smallest absolute Gasteiger partial charge is 0.395 e. The Labute approximate surface area is 113 Å². The molecule has 2 atom stereocenters. The summed E-state index contributed by atoms with van der Waals surface area (Å²) in [6.07, 6.45) is -4.76. The molecule has 3 nitrogen and oxygen atoms in total. The van der Waals surface area contributed by atoms with E-state index in [0.29, 0.717) is 0 Å². The Bertz CT molecular complexity index is 477. The molecule has 0 fully saturated rings. The van der Waals surface area contributed by atoms with Crippen LogP contribution in [0.1, 0.15) is 36.4 Å². The molecule has 1 unspecified atom stereocenters. The van der Waals surface area contributed by atoms with Gasteiger partial charge < -0.3 is 10.8 Å². The molecule has 0 radical (unpaired) electrons. The Kier molecular flexibility index (Phi) is 4.81. The number of aliphatic carboxylic acids is 1. The minimum absolute atomic E-state index is 0.0316. The number of nitrogens with two attached hydrogens (primary N) is 1. The third-order valence-electron chi connectivity index (χ3n) is 2.76. The molecule has 0 aromatic heterocycles. The first kappa shape index (κ1) is 15.8. The summed E-state index contributed by atoms with van der Waals surface area (Å²) in [5.41, 5.74) is 5.87. The van der Waals surface area contributed by atoms with Crippen molar-refractivity contribution in [1.82, 2.24) is 0 Å². The van der Waals surface area contributed by atoms with Crippen LogP contribution in [0.3, 0.4) is 0 Å². The molecule has 3 N–H and O–H groups in total. The van der Waals surface area contributed by atoms with Crippen LogP contribution in [-0.2, 0) is 4.79 Å². The molecule has 0 aliphatic heterocycles. The number of rotatable bonds is 4. The minimum atomic E-state index is -4.39. The average Bonchev–Trinajstić information content (AvgIpc) is 2.25. The van der Waals surface area contributed by atoms with Crippen LogP contribution in [0, 0.1) is 0 Å². The normalized spacial score (nSPS) is 15.1. The lowest BCUT2D eigenvalue weighted by atomic mass is 9.95. The summed E-state index contributed by atoms with van der Waals surface area (Å²) in [7, 11) is 0. The van der Waals surface area contributed by atoms with Crippen molar-refractivity contribution < 1.29 is 23.1 Å². The lowest BCUT2D eigenvalue weighted by Crippen LogP contribution is -2.19. The standard InChI is InChI=1S/C12H13ClF3NO2/c1-6(12(14,15)16)7-2-8(4-9(13)3-7)10(17)5-11(18)19/h2-4,6,10H,5,17H2,1H3,(H,18,19)/t6?,10-/m0/s1. The molecule has 1 aromatic carbocycles. The zero-order valence-corrected chi connectivity index (χ0v) is 10.8. The second-order valence-corrected chi connectivity index (χ2v) is 4.72. The van der Waals surface area contributed by atoms with E-state index < -0.39 is 24.1 Å². The average molecular weight is 296 g/mol. The van der Waals surface area contributed by atoms with Crippen molar-refractivity contribution in [3.8, 4) is 0 Å². The van der Waals surface area contributed by atoms with Gasteiger partial charge in [-0.2, -0.15) is 13.2 Å². The van der Waals surface area contributed by atoms with Gasteiger partial charge in [-0.15, -0.1) is 0 Å². The largest absolute Gasteiger partial charge is 0.481 e. The van der Waals surface area contributed by atoms with Gasteiger partial charge in [-0.1, -0.05) is 17.7 Å². The van der Waals surface area contributed by atoms with Gasteiger partial charge in [0.05, 0.1) is 12.3 Å². The summed E-state index contributed by atoms with van der Waals surface area (Å²) in [6, 6.07) is 2.94. The molecule has 1 aromatic rings. The Morgan fingerprint density at radius 1 is 1.37 bits per heavy atom. The molecule has 106 valence electrons. The van der Waals surface area contributed by atoms with Crippen LogP contribution in [-0.4, -0.2) is 17.3 Å². The van der Waals surface area contributed by atoms with E-state index in [1.165, 1.54) is 18.2 Å². The van der Waals surface area contributed by atoms with Crippen molar-refractivity contribution >= 4 is 17.6 Å². The quantitative estimate of drug-likeness (QED) is 0.894. The highest BCUT2D eigenvalue weighted by atomic mass is 35.5. The van der Waals surface area contributed by atoms with Gasteiger partial charge in [-0.3, -0.25) is 4.79 Å². The Morgan fingerprint density at radius 2 is 1.89 bits per heavy atom. The predicted octanol–water partition coefficient (Wildman–Crippen LogP) is 3.48. The second kappa shape index (κ2) is 5.79. The zero-order valence-electron chi connectivity index (χ0n) is 10.0. The van der Waals surface area contributed by atoms with Crippen molar-refractivity contribution in [3.63, 3.8) is 0 Å². The van der Waals surface area contributed by atoms with Crippen LogP contribution in [0.2, 0.25) is 5.02 Å². The van der Waals surface area contributed by atoms with Crippen molar-refractivity contribution in [2.24, 2.45) is 5.73 Å². The van der Waals surface area contributed by atoms with E-state index >= 15 is 0 Å². The second-order valence-electron chi connectivity index (χ2n) is 4.29. The number of halogens is 4. The van der Waals surface area contributed by atoms with Gasteiger partial charge >= 0.3 is 12.1 Å². The van der Waals surface area contributed by atoms with Crippen molar-refractivity contribution in [3.05, 3.63) is 34.3 Å². The summed E-state index contributed by atoms with van der Waals surface area (Å²) in [5.74, 6) is -2.82. The lowest BCUT2D eigenvalue weighted by Gasteiger charge is -2.18. The molecule has 1 rings (SSSR count). The number of hydrogen-bond donors (Lipinski definition) is 2. The van der Waals surface area contributed by atoms with Gasteiger partial charge in [0.25, 0.3) is 0 Å². The molecule has 0 heterocycles. The fourth-order valence-electron chi connectivity index (χ4n) is 1.59. The van der Waals surface area contributed by atoms with Gasteiger partial charge in [-0.05, 0) is 30.2 Å². The Morgan fingerprint density at radius 3 is 2.37 bits per heavy atom. The van der Waals surface area contributed by atoms with E-state index in [9.17, 15) is 18.0 Å². The molecule has 19 heavy (non-hydrogen) atoms. The van der Waals surface area contributed by atoms with Gasteiger partial charge in [-0.25, -0.2) is 0 Å². The monoisotopic (exact) mass is 295 g/mol. The highest BCUT2D eigenvalue weighted by molar-refractivity contribution is 6.30. The number of carboxylic acid groups (broad SMARTS) is 1. The maximum Gasteiger partial charge on any atom is 0.395 e. The molecule has 7 heteroatoms. The molecule has 0 aliphatic rings. The fourth-order valence-corrected chi connectivity index (χ4v) is 1.85. The SMILES string of the molecule is CC(c1cc(Cl)cc([C@@H](N)CC(=O)O)c1)C(F)(F)F. The van der Waals surface area contributed by atoms with Crippen LogP contribution >= 0.6 is 11.6 Å². The minimum Gasteiger partial charge on any atom is -0.481 e. The van der Waals surface area contributed by atoms with Crippen LogP contribution in [0.4, 0.5) is 13.2 Å². The fraction of sp³-hybridized carbons (Fsp3) is 0.417. The third kappa shape index (κ3) is 4.40. The topological polar surface area (TPSA) is 63.3 Å². The molecule has 0 spiro atoms. The van der Waals surface area contributed by atoms with E-state index in [1.807, 2.05) is 0 Å². The number of benzene rings is 1.